The third-order valence-corrected chi connectivity index (χ3v) is 4.29. The average molecular weight is 297 g/mol. The fourth-order valence-electron chi connectivity index (χ4n) is 3.02. The van der Waals surface area contributed by atoms with Crippen molar-refractivity contribution >= 4 is 0 Å². The van der Waals surface area contributed by atoms with Crippen LogP contribution in [0.15, 0.2) is 54.6 Å². The van der Waals surface area contributed by atoms with Gasteiger partial charge in [0, 0.05) is 6.54 Å². The summed E-state index contributed by atoms with van der Waals surface area (Å²) in [5.74, 6) is 2.08. The molecule has 0 radical (unpaired) electrons. The highest BCUT2D eigenvalue weighted by Crippen LogP contribution is 2.29. The van der Waals surface area contributed by atoms with Crippen molar-refractivity contribution in [2.75, 3.05) is 13.7 Å². The van der Waals surface area contributed by atoms with E-state index in [-0.39, 0.29) is 0 Å². The number of rotatable bonds is 8. The van der Waals surface area contributed by atoms with E-state index < -0.39 is 0 Å². The van der Waals surface area contributed by atoms with Crippen molar-refractivity contribution in [3.05, 3.63) is 65.7 Å². The van der Waals surface area contributed by atoms with Crippen molar-refractivity contribution < 1.29 is 4.74 Å². The monoisotopic (exact) mass is 297 g/mol. The van der Waals surface area contributed by atoms with E-state index in [0.717, 1.165) is 25.3 Å². The Labute approximate surface area is 134 Å². The van der Waals surface area contributed by atoms with Crippen molar-refractivity contribution in [3.63, 3.8) is 0 Å². The topological polar surface area (TPSA) is 21.3 Å². The van der Waals surface area contributed by atoms with E-state index in [1.54, 1.807) is 7.11 Å². The minimum atomic E-state index is 0.554. The third-order valence-electron chi connectivity index (χ3n) is 4.29. The van der Waals surface area contributed by atoms with Gasteiger partial charge in [-0.15, -0.1) is 0 Å². The van der Waals surface area contributed by atoms with Crippen LogP contribution in [0.4, 0.5) is 0 Å². The molecule has 1 N–H and O–H groups in total. The summed E-state index contributed by atoms with van der Waals surface area (Å²) in [4.78, 5) is 0. The predicted octanol–water partition coefficient (Wildman–Crippen LogP) is 4.61. The molecule has 0 aliphatic heterocycles. The van der Waals surface area contributed by atoms with E-state index in [1.165, 1.54) is 11.1 Å². The number of ether oxygens (including phenoxy) is 1. The molecule has 0 heterocycles. The first-order valence-corrected chi connectivity index (χ1v) is 8.13. The lowest BCUT2D eigenvalue weighted by atomic mass is 9.85. The molecule has 118 valence electrons. The Morgan fingerprint density at radius 1 is 1.05 bits per heavy atom. The van der Waals surface area contributed by atoms with Gasteiger partial charge in [0.15, 0.2) is 0 Å². The molecule has 2 heteroatoms. The zero-order valence-corrected chi connectivity index (χ0v) is 13.9. The molecule has 2 nitrogen and oxygen atoms in total. The Bertz CT molecular complexity index is 553. The highest BCUT2D eigenvalue weighted by Gasteiger charge is 2.17. The molecule has 2 rings (SSSR count). The molecule has 0 saturated heterocycles. The van der Waals surface area contributed by atoms with Crippen LogP contribution < -0.4 is 10.1 Å². The molecule has 0 saturated carbocycles. The van der Waals surface area contributed by atoms with Gasteiger partial charge in [0.05, 0.1) is 7.11 Å². The summed E-state index contributed by atoms with van der Waals surface area (Å²) in [5, 5.41) is 3.58. The molecule has 0 aliphatic carbocycles. The first-order chi connectivity index (χ1) is 10.7. The van der Waals surface area contributed by atoms with Gasteiger partial charge in [0.1, 0.15) is 5.75 Å². The molecular formula is C20H27NO. The second-order valence-corrected chi connectivity index (χ2v) is 5.89. The zero-order chi connectivity index (χ0) is 15.8. The van der Waals surface area contributed by atoms with Gasteiger partial charge in [-0.2, -0.15) is 0 Å². The summed E-state index contributed by atoms with van der Waals surface area (Å²) in [6.45, 7) is 6.54. The minimum absolute atomic E-state index is 0.554. The highest BCUT2D eigenvalue weighted by atomic mass is 16.5. The van der Waals surface area contributed by atoms with Crippen molar-refractivity contribution in [1.82, 2.24) is 5.32 Å². The molecule has 0 spiro atoms. The van der Waals surface area contributed by atoms with Gasteiger partial charge in [0.2, 0.25) is 0 Å². The molecule has 0 amide bonds. The van der Waals surface area contributed by atoms with Gasteiger partial charge >= 0.3 is 0 Å². The van der Waals surface area contributed by atoms with Gasteiger partial charge in [-0.1, -0.05) is 56.3 Å². The normalized spacial score (nSPS) is 13.6. The Morgan fingerprint density at radius 3 is 2.50 bits per heavy atom. The minimum Gasteiger partial charge on any atom is -0.497 e. The lowest BCUT2D eigenvalue weighted by Gasteiger charge is -2.24. The second-order valence-electron chi connectivity index (χ2n) is 5.89. The van der Waals surface area contributed by atoms with Crippen LogP contribution in [-0.2, 0) is 6.54 Å². The molecule has 0 fully saturated rings. The smallest absolute Gasteiger partial charge is 0.119 e. The highest BCUT2D eigenvalue weighted by molar-refractivity contribution is 5.31. The maximum Gasteiger partial charge on any atom is 0.119 e. The number of hydrogen-bond acceptors (Lipinski definition) is 2. The molecule has 0 aliphatic rings. The fourth-order valence-corrected chi connectivity index (χ4v) is 3.02. The SMILES string of the molecule is CCC(c1cccc(OC)c1)C(C)CNCc1ccccc1. The molecule has 2 aromatic carbocycles. The number of methoxy groups -OCH3 is 1. The summed E-state index contributed by atoms with van der Waals surface area (Å²) >= 11 is 0. The first-order valence-electron chi connectivity index (χ1n) is 8.13. The second kappa shape index (κ2) is 8.60. The summed E-state index contributed by atoms with van der Waals surface area (Å²) in [7, 11) is 1.73. The van der Waals surface area contributed by atoms with E-state index in [1.807, 2.05) is 6.07 Å². The van der Waals surface area contributed by atoms with Gasteiger partial charge < -0.3 is 10.1 Å². The Kier molecular flexibility index (Phi) is 6.47. The fraction of sp³-hybridized carbons (Fsp3) is 0.400. The molecule has 0 aromatic heterocycles. The Hall–Kier alpha value is -1.80. The number of hydrogen-bond donors (Lipinski definition) is 1. The quantitative estimate of drug-likeness (QED) is 0.768. The van der Waals surface area contributed by atoms with E-state index in [0.29, 0.717) is 11.8 Å². The summed E-state index contributed by atoms with van der Waals surface area (Å²) in [6.07, 6.45) is 1.14. The van der Waals surface area contributed by atoms with Crippen LogP contribution in [0.5, 0.6) is 5.75 Å². The Balaban J connectivity index is 1.92. The molecule has 2 atom stereocenters. The maximum absolute atomic E-state index is 5.35. The van der Waals surface area contributed by atoms with Crippen LogP contribution in [-0.4, -0.2) is 13.7 Å². The summed E-state index contributed by atoms with van der Waals surface area (Å²) in [5.41, 5.74) is 2.71. The zero-order valence-electron chi connectivity index (χ0n) is 13.9. The van der Waals surface area contributed by atoms with Crippen LogP contribution in [0, 0.1) is 5.92 Å². The van der Waals surface area contributed by atoms with E-state index in [2.05, 4.69) is 67.7 Å². The van der Waals surface area contributed by atoms with Crippen molar-refractivity contribution in [2.24, 2.45) is 5.92 Å². The van der Waals surface area contributed by atoms with Crippen molar-refractivity contribution in [2.45, 2.75) is 32.7 Å². The molecule has 22 heavy (non-hydrogen) atoms. The van der Waals surface area contributed by atoms with Crippen LogP contribution in [0.2, 0.25) is 0 Å². The van der Waals surface area contributed by atoms with Gasteiger partial charge in [-0.25, -0.2) is 0 Å². The number of nitrogens with one attached hydrogen (secondary N) is 1. The van der Waals surface area contributed by atoms with Gasteiger partial charge in [0.25, 0.3) is 0 Å². The third kappa shape index (κ3) is 4.60. The van der Waals surface area contributed by atoms with Crippen LogP contribution in [0.3, 0.4) is 0 Å². The van der Waals surface area contributed by atoms with Crippen molar-refractivity contribution in [3.8, 4) is 5.75 Å². The predicted molar refractivity (Wildman–Crippen MR) is 93.3 cm³/mol. The van der Waals surface area contributed by atoms with Gasteiger partial charge in [-0.05, 0) is 48.1 Å². The van der Waals surface area contributed by atoms with E-state index in [9.17, 15) is 0 Å². The van der Waals surface area contributed by atoms with Crippen LogP contribution >= 0.6 is 0 Å². The number of benzene rings is 2. The first kappa shape index (κ1) is 16.6. The summed E-state index contributed by atoms with van der Waals surface area (Å²) in [6, 6.07) is 19.0. The van der Waals surface area contributed by atoms with Gasteiger partial charge in [-0.3, -0.25) is 0 Å². The van der Waals surface area contributed by atoms with Crippen LogP contribution in [0.1, 0.15) is 37.3 Å². The Morgan fingerprint density at radius 2 is 1.82 bits per heavy atom. The lowest BCUT2D eigenvalue weighted by Crippen LogP contribution is -2.25. The molecule has 2 aromatic rings. The largest absolute Gasteiger partial charge is 0.497 e. The van der Waals surface area contributed by atoms with Crippen LogP contribution in [0.25, 0.3) is 0 Å². The average Bonchev–Trinajstić information content (AvgIpc) is 2.57. The van der Waals surface area contributed by atoms with E-state index in [4.69, 9.17) is 4.74 Å². The lowest BCUT2D eigenvalue weighted by molar-refractivity contribution is 0.403. The standard InChI is InChI=1S/C20H27NO/c1-4-20(18-11-8-12-19(13-18)22-3)16(2)14-21-15-17-9-6-5-7-10-17/h5-13,16,20-21H,4,14-15H2,1-3H3. The maximum atomic E-state index is 5.35. The molecule has 0 bridgehead atoms. The van der Waals surface area contributed by atoms with Crippen molar-refractivity contribution in [1.29, 1.82) is 0 Å². The molecule has 2 unspecified atom stereocenters. The van der Waals surface area contributed by atoms with E-state index >= 15 is 0 Å². The molecular weight excluding hydrogens is 270 g/mol. The summed E-state index contributed by atoms with van der Waals surface area (Å²) < 4.78 is 5.35.